The lowest BCUT2D eigenvalue weighted by Gasteiger charge is -2.37. The Hall–Kier alpha value is -3.42. The van der Waals surface area contributed by atoms with E-state index in [4.69, 9.17) is 4.74 Å². The van der Waals surface area contributed by atoms with Gasteiger partial charge in [-0.1, -0.05) is 18.2 Å². The minimum atomic E-state index is -0.386. The van der Waals surface area contributed by atoms with E-state index in [1.165, 1.54) is 5.56 Å². The van der Waals surface area contributed by atoms with E-state index in [1.54, 1.807) is 18.9 Å². The molecule has 0 saturated carbocycles. The summed E-state index contributed by atoms with van der Waals surface area (Å²) in [7, 11) is 0. The van der Waals surface area contributed by atoms with Gasteiger partial charge < -0.3 is 14.5 Å². The van der Waals surface area contributed by atoms with Gasteiger partial charge in [0, 0.05) is 44.6 Å². The van der Waals surface area contributed by atoms with Crippen molar-refractivity contribution in [3.05, 3.63) is 60.9 Å². The van der Waals surface area contributed by atoms with E-state index in [1.807, 2.05) is 39.9 Å². The molecule has 0 radical (unpaired) electrons. The van der Waals surface area contributed by atoms with Crippen LogP contribution in [0.5, 0.6) is 5.75 Å². The van der Waals surface area contributed by atoms with E-state index in [0.29, 0.717) is 13.1 Å². The number of piperazine rings is 1. The van der Waals surface area contributed by atoms with Gasteiger partial charge in [0.1, 0.15) is 30.0 Å². The summed E-state index contributed by atoms with van der Waals surface area (Å²) in [6, 6.07) is 9.91. The molecular weight excluding hydrogens is 368 g/mol. The number of fused-ring (bicyclic) bond motifs is 1. The second-order valence-electron chi connectivity index (χ2n) is 7.27. The maximum absolute atomic E-state index is 13.0. The molecule has 1 unspecified atom stereocenters. The van der Waals surface area contributed by atoms with Crippen molar-refractivity contribution in [3.63, 3.8) is 0 Å². The molecule has 1 atom stereocenters. The number of imidazole rings is 1. The molecule has 5 rings (SSSR count). The van der Waals surface area contributed by atoms with E-state index in [-0.39, 0.29) is 12.0 Å². The molecule has 29 heavy (non-hydrogen) atoms. The van der Waals surface area contributed by atoms with Gasteiger partial charge in [-0.25, -0.2) is 15.0 Å². The number of benzene rings is 1. The van der Waals surface area contributed by atoms with Crippen LogP contribution in [0.2, 0.25) is 0 Å². The van der Waals surface area contributed by atoms with E-state index in [2.05, 4.69) is 25.9 Å². The Morgan fingerprint density at radius 2 is 1.90 bits per heavy atom. The molecule has 0 spiro atoms. The highest BCUT2D eigenvalue weighted by molar-refractivity contribution is 5.82. The van der Waals surface area contributed by atoms with E-state index < -0.39 is 0 Å². The zero-order chi connectivity index (χ0) is 19.6. The molecule has 8 heteroatoms. The van der Waals surface area contributed by atoms with Crippen LogP contribution in [-0.4, -0.2) is 62.6 Å². The van der Waals surface area contributed by atoms with Crippen LogP contribution in [0.25, 0.3) is 5.82 Å². The molecule has 3 aromatic rings. The topological polar surface area (TPSA) is 76.4 Å². The zero-order valence-electron chi connectivity index (χ0n) is 16.0. The number of rotatable bonds is 3. The van der Waals surface area contributed by atoms with Gasteiger partial charge in [0.15, 0.2) is 6.10 Å². The van der Waals surface area contributed by atoms with Crippen molar-refractivity contribution < 1.29 is 9.53 Å². The van der Waals surface area contributed by atoms with Crippen molar-refractivity contribution in [1.82, 2.24) is 24.4 Å². The summed E-state index contributed by atoms with van der Waals surface area (Å²) in [5, 5.41) is 0. The average molecular weight is 390 g/mol. The van der Waals surface area contributed by atoms with Gasteiger partial charge in [-0.3, -0.25) is 9.36 Å². The summed E-state index contributed by atoms with van der Waals surface area (Å²) in [6.07, 6.45) is 8.08. The number of hydrogen-bond donors (Lipinski definition) is 0. The minimum absolute atomic E-state index is 0.0842. The lowest BCUT2D eigenvalue weighted by Crippen LogP contribution is -2.53. The van der Waals surface area contributed by atoms with Crippen LogP contribution in [0.4, 0.5) is 5.82 Å². The Morgan fingerprint density at radius 1 is 1.07 bits per heavy atom. The smallest absolute Gasteiger partial charge is 0.263 e. The van der Waals surface area contributed by atoms with Crippen molar-refractivity contribution in [2.45, 2.75) is 18.9 Å². The summed E-state index contributed by atoms with van der Waals surface area (Å²) in [4.78, 5) is 29.8. The predicted molar refractivity (Wildman–Crippen MR) is 107 cm³/mol. The van der Waals surface area contributed by atoms with Crippen LogP contribution >= 0.6 is 0 Å². The molecule has 148 valence electrons. The molecule has 0 N–H and O–H groups in total. The molecule has 2 aromatic heterocycles. The Labute approximate surface area is 168 Å². The van der Waals surface area contributed by atoms with Crippen molar-refractivity contribution >= 4 is 11.7 Å². The number of carbonyl (C=O) groups is 1. The Balaban J connectivity index is 1.22. The fourth-order valence-corrected chi connectivity index (χ4v) is 3.90. The minimum Gasteiger partial charge on any atom is -0.480 e. The SMILES string of the molecule is O=C(C1CCc2ccccc2O1)N1CCN(c2cc(-n3ccnc3)ncn2)CC1. The van der Waals surface area contributed by atoms with Crippen LogP contribution in [-0.2, 0) is 11.2 Å². The molecule has 1 amide bonds. The summed E-state index contributed by atoms with van der Waals surface area (Å²) in [5.41, 5.74) is 1.18. The standard InChI is InChI=1S/C21H22N6O2/c28-21(18-6-5-16-3-1-2-4-17(16)29-18)26-11-9-25(10-12-26)19-13-20(24-14-23-19)27-8-7-22-15-27/h1-4,7-8,13-15,18H,5-6,9-12H2. The first-order valence-electron chi connectivity index (χ1n) is 9.86. The van der Waals surface area contributed by atoms with Crippen molar-refractivity contribution in [2.75, 3.05) is 31.1 Å². The van der Waals surface area contributed by atoms with Gasteiger partial charge in [0.05, 0.1) is 0 Å². The molecule has 8 nitrogen and oxygen atoms in total. The lowest BCUT2D eigenvalue weighted by atomic mass is 10.0. The van der Waals surface area contributed by atoms with Crippen LogP contribution in [0.3, 0.4) is 0 Å². The van der Waals surface area contributed by atoms with Crippen molar-refractivity contribution in [3.8, 4) is 11.6 Å². The number of anilines is 1. The molecule has 0 bridgehead atoms. The first kappa shape index (κ1) is 17.7. The molecule has 1 aromatic carbocycles. The summed E-state index contributed by atoms with van der Waals surface area (Å²) >= 11 is 0. The number of aryl methyl sites for hydroxylation is 1. The number of hydrogen-bond acceptors (Lipinski definition) is 6. The van der Waals surface area contributed by atoms with Gasteiger partial charge >= 0.3 is 0 Å². The van der Waals surface area contributed by atoms with E-state index >= 15 is 0 Å². The lowest BCUT2D eigenvalue weighted by molar-refractivity contribution is -0.139. The third-order valence-corrected chi connectivity index (χ3v) is 5.52. The normalized spacial score (nSPS) is 18.8. The highest BCUT2D eigenvalue weighted by Gasteiger charge is 2.31. The molecule has 1 fully saturated rings. The summed E-state index contributed by atoms with van der Waals surface area (Å²) < 4.78 is 7.83. The molecule has 2 aliphatic heterocycles. The maximum atomic E-state index is 13.0. The molecule has 4 heterocycles. The van der Waals surface area contributed by atoms with Crippen LogP contribution in [0.15, 0.2) is 55.4 Å². The first-order chi connectivity index (χ1) is 14.3. The second kappa shape index (κ2) is 7.54. The Kier molecular flexibility index (Phi) is 4.59. The number of nitrogens with zero attached hydrogens (tertiary/aromatic N) is 6. The fourth-order valence-electron chi connectivity index (χ4n) is 3.90. The fraction of sp³-hybridized carbons (Fsp3) is 0.333. The molecule has 0 aliphatic carbocycles. The van der Waals surface area contributed by atoms with Crippen LogP contribution in [0.1, 0.15) is 12.0 Å². The highest BCUT2D eigenvalue weighted by atomic mass is 16.5. The largest absolute Gasteiger partial charge is 0.480 e. The summed E-state index contributed by atoms with van der Waals surface area (Å²) in [5.74, 6) is 2.56. The number of carbonyl (C=O) groups excluding carboxylic acids is 1. The highest BCUT2D eigenvalue weighted by Crippen LogP contribution is 2.28. The maximum Gasteiger partial charge on any atom is 0.263 e. The van der Waals surface area contributed by atoms with Gasteiger partial charge in [0.25, 0.3) is 5.91 Å². The number of aromatic nitrogens is 4. The van der Waals surface area contributed by atoms with Crippen molar-refractivity contribution in [1.29, 1.82) is 0 Å². The summed E-state index contributed by atoms with van der Waals surface area (Å²) in [6.45, 7) is 2.78. The number of ether oxygens (including phenoxy) is 1. The van der Waals surface area contributed by atoms with Gasteiger partial charge in [-0.2, -0.15) is 0 Å². The third-order valence-electron chi connectivity index (χ3n) is 5.52. The molecule has 1 saturated heterocycles. The van der Waals surface area contributed by atoms with E-state index in [9.17, 15) is 4.79 Å². The average Bonchev–Trinajstić information content (AvgIpc) is 3.34. The Bertz CT molecular complexity index is 998. The van der Waals surface area contributed by atoms with Crippen LogP contribution < -0.4 is 9.64 Å². The molecule has 2 aliphatic rings. The Morgan fingerprint density at radius 3 is 2.72 bits per heavy atom. The van der Waals surface area contributed by atoms with Gasteiger partial charge in [-0.15, -0.1) is 0 Å². The number of amides is 1. The molecular formula is C21H22N6O2. The predicted octanol–water partition coefficient (Wildman–Crippen LogP) is 1.70. The van der Waals surface area contributed by atoms with Gasteiger partial charge in [0.2, 0.25) is 0 Å². The van der Waals surface area contributed by atoms with Crippen molar-refractivity contribution in [2.24, 2.45) is 0 Å². The second-order valence-corrected chi connectivity index (χ2v) is 7.27. The third kappa shape index (κ3) is 3.53. The van der Waals surface area contributed by atoms with Gasteiger partial charge in [-0.05, 0) is 24.5 Å². The number of para-hydroxylation sites is 1. The first-order valence-corrected chi connectivity index (χ1v) is 9.86. The monoisotopic (exact) mass is 390 g/mol. The zero-order valence-corrected chi connectivity index (χ0v) is 16.0. The van der Waals surface area contributed by atoms with Crippen LogP contribution in [0, 0.1) is 0 Å². The van der Waals surface area contributed by atoms with E-state index in [0.717, 1.165) is 43.3 Å². The quantitative estimate of drug-likeness (QED) is 0.678.